The maximum absolute atomic E-state index is 13.1. The number of hydroxylamine groups is 1. The second-order valence-electron chi connectivity index (χ2n) is 3.81. The highest BCUT2D eigenvalue weighted by molar-refractivity contribution is 5.74. The Morgan fingerprint density at radius 3 is 2.82 bits per heavy atom. The van der Waals surface area contributed by atoms with E-state index in [4.69, 9.17) is 9.94 Å². The average Bonchev–Trinajstić information content (AvgIpc) is 2.33. The van der Waals surface area contributed by atoms with Gasteiger partial charge in [-0.25, -0.2) is 9.87 Å². The average molecular weight is 241 g/mol. The highest BCUT2D eigenvalue weighted by atomic mass is 19.1. The number of amides is 1. The van der Waals surface area contributed by atoms with Crippen LogP contribution < -0.4 is 5.48 Å². The van der Waals surface area contributed by atoms with E-state index in [0.717, 1.165) is 5.56 Å². The molecular weight excluding hydrogens is 225 g/mol. The van der Waals surface area contributed by atoms with Gasteiger partial charge < -0.3 is 4.74 Å². The van der Waals surface area contributed by atoms with Gasteiger partial charge in [-0.1, -0.05) is 12.1 Å². The van der Waals surface area contributed by atoms with Crippen molar-refractivity contribution in [3.8, 4) is 0 Å². The van der Waals surface area contributed by atoms with Crippen LogP contribution in [-0.2, 0) is 9.53 Å². The number of carbonyl (C=O) groups is 1. The van der Waals surface area contributed by atoms with Crippen LogP contribution in [0, 0.1) is 12.7 Å². The number of nitrogens with one attached hydrogen (secondary N) is 1. The Morgan fingerprint density at radius 2 is 2.29 bits per heavy atom. The fourth-order valence-electron chi connectivity index (χ4n) is 1.61. The number of aryl methyl sites for hydroxylation is 1. The van der Waals surface area contributed by atoms with Gasteiger partial charge in [-0.2, -0.15) is 0 Å². The predicted molar refractivity (Wildman–Crippen MR) is 60.1 cm³/mol. The summed E-state index contributed by atoms with van der Waals surface area (Å²) in [4.78, 5) is 10.9. The van der Waals surface area contributed by atoms with Crippen LogP contribution in [-0.4, -0.2) is 18.2 Å². The zero-order valence-electron chi connectivity index (χ0n) is 9.87. The van der Waals surface area contributed by atoms with E-state index in [2.05, 4.69) is 0 Å². The molecule has 0 aliphatic carbocycles. The van der Waals surface area contributed by atoms with E-state index in [-0.39, 0.29) is 18.3 Å². The number of hydrogen-bond acceptors (Lipinski definition) is 3. The summed E-state index contributed by atoms with van der Waals surface area (Å²) in [5.41, 5.74) is 2.92. The Labute approximate surface area is 99.4 Å². The van der Waals surface area contributed by atoms with Gasteiger partial charge in [-0.3, -0.25) is 10.0 Å². The molecule has 0 bridgehead atoms. The Bertz CT molecular complexity index is 395. The summed E-state index contributed by atoms with van der Waals surface area (Å²) >= 11 is 0. The molecular formula is C12H16FNO3. The predicted octanol–water partition coefficient (Wildman–Crippen LogP) is 2.11. The van der Waals surface area contributed by atoms with E-state index in [9.17, 15) is 9.18 Å². The molecule has 17 heavy (non-hydrogen) atoms. The van der Waals surface area contributed by atoms with Crippen molar-refractivity contribution in [1.82, 2.24) is 5.48 Å². The molecule has 2 N–H and O–H groups in total. The first kappa shape index (κ1) is 13.6. The summed E-state index contributed by atoms with van der Waals surface area (Å²) in [6.07, 6.45) is 0.283. The molecule has 1 rings (SSSR count). The number of benzene rings is 1. The summed E-state index contributed by atoms with van der Waals surface area (Å²) in [6, 6.07) is 4.70. The molecule has 1 amide bonds. The number of halogens is 1. The molecule has 0 aliphatic rings. The summed E-state index contributed by atoms with van der Waals surface area (Å²) in [7, 11) is 1.53. The van der Waals surface area contributed by atoms with Gasteiger partial charge in [0.1, 0.15) is 5.82 Å². The van der Waals surface area contributed by atoms with E-state index < -0.39 is 5.91 Å². The molecule has 1 aromatic carbocycles. The molecule has 0 fully saturated rings. The molecule has 0 aromatic heterocycles. The fraction of sp³-hybridized carbons (Fsp3) is 0.417. The Kier molecular flexibility index (Phi) is 5.06. The second-order valence-corrected chi connectivity index (χ2v) is 3.81. The second kappa shape index (κ2) is 6.32. The minimum atomic E-state index is -0.467. The first-order chi connectivity index (χ1) is 8.08. The molecule has 94 valence electrons. The third-order valence-corrected chi connectivity index (χ3v) is 2.60. The summed E-state index contributed by atoms with van der Waals surface area (Å²) in [5, 5.41) is 8.38. The van der Waals surface area contributed by atoms with Crippen molar-refractivity contribution in [3.05, 3.63) is 35.1 Å². The highest BCUT2D eigenvalue weighted by Gasteiger charge is 2.13. The quantitative estimate of drug-likeness (QED) is 0.613. The Hall–Kier alpha value is -1.46. The first-order valence-corrected chi connectivity index (χ1v) is 5.30. The Balaban J connectivity index is 2.72. The molecule has 1 unspecified atom stereocenters. The number of hydrogen-bond donors (Lipinski definition) is 2. The van der Waals surface area contributed by atoms with Gasteiger partial charge >= 0.3 is 0 Å². The first-order valence-electron chi connectivity index (χ1n) is 5.30. The fourth-order valence-corrected chi connectivity index (χ4v) is 1.61. The van der Waals surface area contributed by atoms with Crippen LogP contribution in [0.3, 0.4) is 0 Å². The molecule has 1 atom stereocenters. The monoisotopic (exact) mass is 241 g/mol. The topological polar surface area (TPSA) is 58.6 Å². The van der Waals surface area contributed by atoms with Gasteiger partial charge in [-0.15, -0.1) is 0 Å². The van der Waals surface area contributed by atoms with Crippen LogP contribution >= 0.6 is 0 Å². The molecule has 5 heteroatoms. The van der Waals surface area contributed by atoms with Gasteiger partial charge in [0.2, 0.25) is 5.91 Å². The van der Waals surface area contributed by atoms with Crippen molar-refractivity contribution in [2.75, 3.05) is 7.11 Å². The van der Waals surface area contributed by atoms with Crippen molar-refractivity contribution in [3.63, 3.8) is 0 Å². The minimum Gasteiger partial charge on any atom is -0.377 e. The van der Waals surface area contributed by atoms with Crippen LogP contribution in [0.15, 0.2) is 18.2 Å². The van der Waals surface area contributed by atoms with E-state index >= 15 is 0 Å². The van der Waals surface area contributed by atoms with E-state index in [0.29, 0.717) is 12.0 Å². The molecule has 0 heterocycles. The minimum absolute atomic E-state index is 0.144. The number of rotatable bonds is 5. The van der Waals surface area contributed by atoms with Crippen molar-refractivity contribution >= 4 is 5.91 Å². The van der Waals surface area contributed by atoms with Crippen molar-refractivity contribution < 1.29 is 19.1 Å². The SMILES string of the molecule is COC(CCC(=O)NO)c1ccc(F)c(C)c1. The van der Waals surface area contributed by atoms with Crippen molar-refractivity contribution in [2.24, 2.45) is 0 Å². The number of methoxy groups -OCH3 is 1. The van der Waals surface area contributed by atoms with Crippen LogP contribution in [0.5, 0.6) is 0 Å². The van der Waals surface area contributed by atoms with E-state index in [1.807, 2.05) is 0 Å². The maximum atomic E-state index is 13.1. The van der Waals surface area contributed by atoms with Gasteiger partial charge in [0.25, 0.3) is 0 Å². The number of ether oxygens (including phenoxy) is 1. The van der Waals surface area contributed by atoms with Crippen LogP contribution in [0.1, 0.15) is 30.1 Å². The highest BCUT2D eigenvalue weighted by Crippen LogP contribution is 2.23. The molecule has 1 aromatic rings. The number of carbonyl (C=O) groups excluding carboxylic acids is 1. The van der Waals surface area contributed by atoms with Crippen LogP contribution in [0.4, 0.5) is 4.39 Å². The lowest BCUT2D eigenvalue weighted by Crippen LogP contribution is -2.19. The van der Waals surface area contributed by atoms with Gasteiger partial charge in [0.15, 0.2) is 0 Å². The molecule has 0 radical (unpaired) electrons. The van der Waals surface area contributed by atoms with Crippen molar-refractivity contribution in [1.29, 1.82) is 0 Å². The zero-order valence-corrected chi connectivity index (χ0v) is 9.87. The zero-order chi connectivity index (χ0) is 12.8. The lowest BCUT2D eigenvalue weighted by Gasteiger charge is -2.15. The lowest BCUT2D eigenvalue weighted by molar-refractivity contribution is -0.129. The van der Waals surface area contributed by atoms with Gasteiger partial charge in [-0.05, 0) is 30.5 Å². The standard InChI is InChI=1S/C12H16FNO3/c1-8-7-9(3-4-10(8)13)11(17-2)5-6-12(15)14-16/h3-4,7,11,16H,5-6H2,1-2H3,(H,14,15). The van der Waals surface area contributed by atoms with Crippen LogP contribution in [0.2, 0.25) is 0 Å². The summed E-state index contributed by atoms with van der Waals surface area (Å²) in [6.45, 7) is 1.67. The largest absolute Gasteiger partial charge is 0.377 e. The lowest BCUT2D eigenvalue weighted by atomic mass is 10.0. The Morgan fingerprint density at radius 1 is 1.59 bits per heavy atom. The summed E-state index contributed by atoms with van der Waals surface area (Å²) < 4.78 is 18.3. The van der Waals surface area contributed by atoms with Gasteiger partial charge in [0.05, 0.1) is 6.10 Å². The van der Waals surface area contributed by atoms with E-state index in [1.54, 1.807) is 24.5 Å². The molecule has 0 spiro atoms. The molecule has 0 saturated heterocycles. The third-order valence-electron chi connectivity index (χ3n) is 2.60. The normalized spacial score (nSPS) is 12.2. The van der Waals surface area contributed by atoms with Gasteiger partial charge in [0, 0.05) is 13.5 Å². The summed E-state index contributed by atoms with van der Waals surface area (Å²) in [5.74, 6) is -0.734. The smallest absolute Gasteiger partial charge is 0.243 e. The van der Waals surface area contributed by atoms with Crippen molar-refractivity contribution in [2.45, 2.75) is 25.9 Å². The van der Waals surface area contributed by atoms with E-state index in [1.165, 1.54) is 13.2 Å². The molecule has 4 nitrogen and oxygen atoms in total. The molecule has 0 aliphatic heterocycles. The van der Waals surface area contributed by atoms with Crippen LogP contribution in [0.25, 0.3) is 0 Å². The maximum Gasteiger partial charge on any atom is 0.243 e. The third kappa shape index (κ3) is 3.80. The molecule has 0 saturated carbocycles.